The van der Waals surface area contributed by atoms with Gasteiger partial charge in [-0.2, -0.15) is 5.10 Å². The minimum absolute atomic E-state index is 0.0679. The van der Waals surface area contributed by atoms with Crippen LogP contribution in [0.15, 0.2) is 0 Å². The molecule has 1 saturated heterocycles. The Hall–Kier alpha value is -1.56. The number of nitrogens with zero attached hydrogens (tertiary/aromatic N) is 1. The average molecular weight is 304 g/mol. The number of hydrogen-bond acceptors (Lipinski definition) is 3. The van der Waals surface area contributed by atoms with Crippen molar-refractivity contribution in [1.29, 1.82) is 0 Å². The molecule has 6 heteroatoms. The molecule has 1 aliphatic heterocycles. The predicted molar refractivity (Wildman–Crippen MR) is 81.4 cm³/mol. The van der Waals surface area contributed by atoms with Crippen molar-refractivity contribution in [1.82, 2.24) is 20.8 Å². The highest BCUT2D eigenvalue weighted by atomic mass is 16.5. The molecule has 3 aliphatic rings. The number of nitrogens with one attached hydrogen (secondary N) is 3. The van der Waals surface area contributed by atoms with E-state index < -0.39 is 0 Å². The molecule has 120 valence electrons. The fraction of sp³-hybridized carbons (Fsp3) is 0.750. The number of fused-ring (bicyclic) bond motifs is 2. The van der Waals surface area contributed by atoms with Gasteiger partial charge < -0.3 is 15.4 Å². The number of aromatic nitrogens is 2. The van der Waals surface area contributed by atoms with Crippen LogP contribution in [0.2, 0.25) is 0 Å². The lowest BCUT2D eigenvalue weighted by Crippen LogP contribution is -2.72. The molecule has 0 unspecified atom stereocenters. The Morgan fingerprint density at radius 2 is 2.27 bits per heavy atom. The van der Waals surface area contributed by atoms with Crippen molar-refractivity contribution in [2.75, 3.05) is 6.61 Å². The molecule has 0 aromatic carbocycles. The van der Waals surface area contributed by atoms with Crippen molar-refractivity contribution in [3.63, 3.8) is 0 Å². The lowest BCUT2D eigenvalue weighted by Gasteiger charge is -2.63. The molecule has 3 fully saturated rings. The molecule has 2 heterocycles. The van der Waals surface area contributed by atoms with Crippen LogP contribution in [-0.4, -0.2) is 35.0 Å². The maximum absolute atomic E-state index is 12.3. The number of carbonyl (C=O) groups excluding carboxylic acids is 1. The van der Waals surface area contributed by atoms with Crippen molar-refractivity contribution < 1.29 is 9.53 Å². The second kappa shape index (κ2) is 4.98. The summed E-state index contributed by atoms with van der Waals surface area (Å²) in [5, 5.41) is 13.3. The van der Waals surface area contributed by atoms with Crippen LogP contribution in [0.3, 0.4) is 0 Å². The third kappa shape index (κ3) is 1.89. The monoisotopic (exact) mass is 304 g/mol. The Bertz CT molecular complexity index is 573. The molecule has 0 radical (unpaired) electrons. The van der Waals surface area contributed by atoms with Crippen LogP contribution in [0.5, 0.6) is 0 Å². The maximum atomic E-state index is 12.3. The van der Waals surface area contributed by atoms with Crippen molar-refractivity contribution in [2.24, 2.45) is 11.3 Å². The second-order valence-corrected chi connectivity index (χ2v) is 7.05. The molecule has 1 spiro atoms. The maximum Gasteiger partial charge on any atom is 0.315 e. The summed E-state index contributed by atoms with van der Waals surface area (Å²) in [5.74, 6) is 0.517. The number of hydrogen-bond donors (Lipinski definition) is 3. The molecule has 22 heavy (non-hydrogen) atoms. The molecule has 1 aromatic rings. The first-order valence-corrected chi connectivity index (χ1v) is 8.28. The van der Waals surface area contributed by atoms with Gasteiger partial charge in [-0.1, -0.05) is 6.42 Å². The van der Waals surface area contributed by atoms with E-state index in [1.54, 1.807) is 0 Å². The van der Waals surface area contributed by atoms with E-state index in [4.69, 9.17) is 4.74 Å². The van der Waals surface area contributed by atoms with Crippen molar-refractivity contribution in [3.8, 4) is 0 Å². The fourth-order valence-electron chi connectivity index (χ4n) is 4.65. The number of rotatable bonds is 3. The van der Waals surface area contributed by atoms with Crippen LogP contribution >= 0.6 is 0 Å². The van der Waals surface area contributed by atoms with E-state index in [1.165, 1.54) is 19.3 Å². The molecule has 2 saturated carbocycles. The second-order valence-electron chi connectivity index (χ2n) is 7.05. The molecule has 4 rings (SSSR count). The van der Waals surface area contributed by atoms with Crippen LogP contribution in [0.4, 0.5) is 4.79 Å². The van der Waals surface area contributed by atoms with Crippen molar-refractivity contribution >= 4 is 6.03 Å². The number of aryl methyl sites for hydroxylation is 2. The van der Waals surface area contributed by atoms with Gasteiger partial charge in [-0.25, -0.2) is 4.79 Å². The van der Waals surface area contributed by atoms with E-state index >= 15 is 0 Å². The molecular formula is C16H24N4O2. The van der Waals surface area contributed by atoms with Gasteiger partial charge >= 0.3 is 6.03 Å². The van der Waals surface area contributed by atoms with Gasteiger partial charge in [0.05, 0.1) is 11.8 Å². The lowest BCUT2D eigenvalue weighted by molar-refractivity contribution is -0.172. The Morgan fingerprint density at radius 3 is 2.91 bits per heavy atom. The summed E-state index contributed by atoms with van der Waals surface area (Å²) in [6.07, 6.45) is 5.12. The Balaban J connectivity index is 1.36. The molecule has 6 nitrogen and oxygen atoms in total. The van der Waals surface area contributed by atoms with Crippen LogP contribution in [-0.2, 0) is 11.3 Å². The third-order valence-electron chi connectivity index (χ3n) is 6.03. The van der Waals surface area contributed by atoms with Crippen LogP contribution in [0.25, 0.3) is 0 Å². The zero-order valence-corrected chi connectivity index (χ0v) is 13.2. The molecule has 2 aliphatic carbocycles. The normalized spacial score (nSPS) is 31.3. The van der Waals surface area contributed by atoms with Crippen molar-refractivity contribution in [2.45, 2.75) is 58.2 Å². The van der Waals surface area contributed by atoms with Crippen LogP contribution in [0.1, 0.15) is 42.6 Å². The zero-order valence-electron chi connectivity index (χ0n) is 13.2. The minimum Gasteiger partial charge on any atom is -0.377 e. The zero-order chi connectivity index (χ0) is 15.3. The fourth-order valence-corrected chi connectivity index (χ4v) is 4.65. The van der Waals surface area contributed by atoms with Gasteiger partial charge in [0.1, 0.15) is 0 Å². The first-order valence-electron chi connectivity index (χ1n) is 8.28. The van der Waals surface area contributed by atoms with E-state index in [9.17, 15) is 4.79 Å². The topological polar surface area (TPSA) is 79.0 Å². The van der Waals surface area contributed by atoms with Crippen LogP contribution in [0, 0.1) is 25.2 Å². The largest absolute Gasteiger partial charge is 0.377 e. The quantitative estimate of drug-likeness (QED) is 0.796. The molecule has 2 amide bonds. The van der Waals surface area contributed by atoms with E-state index in [-0.39, 0.29) is 11.4 Å². The Morgan fingerprint density at radius 1 is 1.45 bits per heavy atom. The van der Waals surface area contributed by atoms with Gasteiger partial charge in [0.25, 0.3) is 0 Å². The molecule has 1 aromatic heterocycles. The molecule has 0 bridgehead atoms. The third-order valence-corrected chi connectivity index (χ3v) is 6.03. The minimum atomic E-state index is -0.0679. The van der Waals surface area contributed by atoms with Crippen LogP contribution < -0.4 is 10.6 Å². The number of carbonyl (C=O) groups is 1. The molecular weight excluding hydrogens is 280 g/mol. The SMILES string of the molecule is Cc1n[nH]c(C)c1CNC(=O)N[C@H]1[C@@H]2CCO[C@@H]2C12CCC2. The summed E-state index contributed by atoms with van der Waals surface area (Å²) < 4.78 is 5.89. The first kappa shape index (κ1) is 14.1. The Labute approximate surface area is 130 Å². The number of ether oxygens (including phenoxy) is 1. The van der Waals surface area contributed by atoms with E-state index in [0.29, 0.717) is 24.6 Å². The van der Waals surface area contributed by atoms with Crippen molar-refractivity contribution in [3.05, 3.63) is 17.0 Å². The Kier molecular flexibility index (Phi) is 3.18. The highest BCUT2D eigenvalue weighted by Crippen LogP contribution is 2.62. The number of H-pyrrole nitrogens is 1. The van der Waals surface area contributed by atoms with E-state index in [1.807, 2.05) is 13.8 Å². The van der Waals surface area contributed by atoms with E-state index in [2.05, 4.69) is 20.8 Å². The predicted octanol–water partition coefficient (Wildman–Crippen LogP) is 1.78. The van der Waals surface area contributed by atoms with Gasteiger partial charge in [-0.15, -0.1) is 0 Å². The number of urea groups is 1. The van der Waals surface area contributed by atoms with E-state index in [0.717, 1.165) is 30.0 Å². The summed E-state index contributed by atoms with van der Waals surface area (Å²) in [6.45, 7) is 5.30. The summed E-state index contributed by atoms with van der Waals surface area (Å²) in [6, 6.07) is 0.224. The van der Waals surface area contributed by atoms with Gasteiger partial charge in [-0.3, -0.25) is 5.10 Å². The number of amides is 2. The summed E-state index contributed by atoms with van der Waals surface area (Å²) in [5.41, 5.74) is 3.27. The van der Waals surface area contributed by atoms with Gasteiger partial charge in [0.2, 0.25) is 0 Å². The smallest absolute Gasteiger partial charge is 0.315 e. The average Bonchev–Trinajstić information content (AvgIpc) is 2.99. The van der Waals surface area contributed by atoms with Gasteiger partial charge in [-0.05, 0) is 33.1 Å². The first-order chi connectivity index (χ1) is 10.6. The summed E-state index contributed by atoms with van der Waals surface area (Å²) in [4.78, 5) is 12.3. The standard InChI is InChI=1S/C16H24N4O2/c1-9-12(10(2)20-19-9)8-17-15(21)18-13-11-4-7-22-14(11)16(13)5-3-6-16/h11,13-14H,3-8H2,1-2H3,(H,19,20)(H2,17,18,21)/t11-,13-,14-/m0/s1. The lowest BCUT2D eigenvalue weighted by atomic mass is 9.46. The van der Waals surface area contributed by atoms with Gasteiger partial charge in [0.15, 0.2) is 0 Å². The highest BCUT2D eigenvalue weighted by Gasteiger charge is 2.66. The molecule has 3 N–H and O–H groups in total. The summed E-state index contributed by atoms with van der Waals surface area (Å²) >= 11 is 0. The molecule has 3 atom stereocenters. The summed E-state index contributed by atoms with van der Waals surface area (Å²) in [7, 11) is 0. The number of aromatic amines is 1. The highest BCUT2D eigenvalue weighted by molar-refractivity contribution is 5.74. The van der Waals surface area contributed by atoms with Gasteiger partial charge in [0, 0.05) is 41.8 Å².